The van der Waals surface area contributed by atoms with Crippen molar-refractivity contribution in [2.24, 2.45) is 4.99 Å². The van der Waals surface area contributed by atoms with Gasteiger partial charge in [0.1, 0.15) is 5.75 Å². The fourth-order valence-electron chi connectivity index (χ4n) is 2.54. The Labute approximate surface area is 114 Å². The Morgan fingerprint density at radius 3 is 2.79 bits per heavy atom. The van der Waals surface area contributed by atoms with Gasteiger partial charge in [0, 0.05) is 12.1 Å². The molecule has 4 nitrogen and oxygen atoms in total. The number of benzene rings is 1. The summed E-state index contributed by atoms with van der Waals surface area (Å²) in [6.45, 7) is 3.60. The molecule has 0 N–H and O–H groups in total. The van der Waals surface area contributed by atoms with Crippen molar-refractivity contribution in [3.8, 4) is 5.75 Å². The van der Waals surface area contributed by atoms with Crippen molar-refractivity contribution in [2.45, 2.75) is 32.4 Å². The predicted octanol–water partition coefficient (Wildman–Crippen LogP) is 2.52. The molecule has 102 valence electrons. The molecule has 0 saturated carbocycles. The zero-order chi connectivity index (χ0) is 13.5. The van der Waals surface area contributed by atoms with Gasteiger partial charge in [-0.25, -0.2) is 9.79 Å². The largest absolute Gasteiger partial charge is 0.496 e. The monoisotopic (exact) mass is 260 g/mol. The topological polar surface area (TPSA) is 41.9 Å². The minimum absolute atomic E-state index is 0.389. The Morgan fingerprint density at radius 1 is 1.32 bits per heavy atom. The van der Waals surface area contributed by atoms with E-state index in [2.05, 4.69) is 16.0 Å². The molecule has 0 amide bonds. The van der Waals surface area contributed by atoms with Gasteiger partial charge in [0.25, 0.3) is 0 Å². The molecule has 0 spiro atoms. The van der Waals surface area contributed by atoms with Crippen LogP contribution in [0, 0.1) is 0 Å². The van der Waals surface area contributed by atoms with E-state index >= 15 is 0 Å². The Hall–Kier alpha value is -1.64. The lowest BCUT2D eigenvalue weighted by molar-refractivity contribution is 0.218. The molecule has 0 radical (unpaired) electrons. The summed E-state index contributed by atoms with van der Waals surface area (Å²) < 4.78 is 5.41. The van der Waals surface area contributed by atoms with E-state index < -0.39 is 0 Å². The minimum Gasteiger partial charge on any atom is -0.496 e. The predicted molar refractivity (Wildman–Crippen MR) is 73.9 cm³/mol. The number of methoxy groups -OCH3 is 1. The highest BCUT2D eigenvalue weighted by atomic mass is 16.5. The van der Waals surface area contributed by atoms with Gasteiger partial charge in [0.05, 0.1) is 13.7 Å². The van der Waals surface area contributed by atoms with E-state index in [1.54, 1.807) is 13.2 Å². The summed E-state index contributed by atoms with van der Waals surface area (Å²) in [7, 11) is 1.69. The third kappa shape index (κ3) is 3.91. The van der Waals surface area contributed by atoms with Crippen LogP contribution in [-0.2, 0) is 17.9 Å². The van der Waals surface area contributed by atoms with Gasteiger partial charge in [0.15, 0.2) is 0 Å². The van der Waals surface area contributed by atoms with E-state index in [4.69, 9.17) is 4.74 Å². The van der Waals surface area contributed by atoms with Crippen LogP contribution in [0.4, 0.5) is 0 Å². The summed E-state index contributed by atoms with van der Waals surface area (Å²) in [6, 6.07) is 5.97. The molecule has 0 atom stereocenters. The van der Waals surface area contributed by atoms with Gasteiger partial charge in [-0.2, -0.15) is 0 Å². The number of isocyanates is 1. The second-order valence-corrected chi connectivity index (χ2v) is 4.89. The van der Waals surface area contributed by atoms with E-state index in [1.165, 1.54) is 24.8 Å². The van der Waals surface area contributed by atoms with Crippen molar-refractivity contribution in [3.63, 3.8) is 0 Å². The maximum atomic E-state index is 10.2. The van der Waals surface area contributed by atoms with E-state index in [1.807, 2.05) is 12.1 Å². The molecule has 4 heteroatoms. The maximum absolute atomic E-state index is 10.2. The third-order valence-electron chi connectivity index (χ3n) is 3.51. The first-order chi connectivity index (χ1) is 9.33. The van der Waals surface area contributed by atoms with Crippen LogP contribution in [0.2, 0.25) is 0 Å². The highest BCUT2D eigenvalue weighted by Gasteiger charge is 2.13. The van der Waals surface area contributed by atoms with Gasteiger partial charge in [0.2, 0.25) is 6.08 Å². The number of ether oxygens (including phenoxy) is 1. The van der Waals surface area contributed by atoms with Gasteiger partial charge >= 0.3 is 0 Å². The number of aliphatic imine (C=N–C) groups is 1. The van der Waals surface area contributed by atoms with Crippen LogP contribution in [-0.4, -0.2) is 31.2 Å². The van der Waals surface area contributed by atoms with Crippen LogP contribution >= 0.6 is 0 Å². The molecular formula is C15H20N2O2. The van der Waals surface area contributed by atoms with Crippen LogP contribution < -0.4 is 4.74 Å². The fraction of sp³-hybridized carbons (Fsp3) is 0.533. The van der Waals surface area contributed by atoms with Crippen molar-refractivity contribution < 1.29 is 9.53 Å². The van der Waals surface area contributed by atoms with Crippen LogP contribution in [0.15, 0.2) is 23.2 Å². The highest BCUT2D eigenvalue weighted by molar-refractivity contribution is 5.39. The van der Waals surface area contributed by atoms with Crippen LogP contribution in [0.25, 0.3) is 0 Å². The Kier molecular flexibility index (Phi) is 5.13. The Balaban J connectivity index is 2.12. The van der Waals surface area contributed by atoms with E-state index in [-0.39, 0.29) is 0 Å². The van der Waals surface area contributed by atoms with E-state index in [0.29, 0.717) is 6.54 Å². The van der Waals surface area contributed by atoms with E-state index in [0.717, 1.165) is 30.9 Å². The number of nitrogens with zero attached hydrogens (tertiary/aromatic N) is 2. The average Bonchev–Trinajstić information content (AvgIpc) is 2.46. The average molecular weight is 260 g/mol. The number of carbonyl (C=O) groups excluding carboxylic acids is 1. The summed E-state index contributed by atoms with van der Waals surface area (Å²) in [5.41, 5.74) is 2.19. The van der Waals surface area contributed by atoms with Crippen LogP contribution in [0.5, 0.6) is 5.75 Å². The molecule has 1 fully saturated rings. The first kappa shape index (κ1) is 13.8. The summed E-state index contributed by atoms with van der Waals surface area (Å²) in [4.78, 5) is 16.3. The molecule has 1 heterocycles. The van der Waals surface area contributed by atoms with Gasteiger partial charge in [-0.3, -0.25) is 4.90 Å². The number of rotatable bonds is 5. The lowest BCUT2D eigenvalue weighted by Crippen LogP contribution is -2.29. The molecule has 1 aromatic carbocycles. The summed E-state index contributed by atoms with van der Waals surface area (Å²) >= 11 is 0. The molecule has 1 aliphatic rings. The Bertz CT molecular complexity index is 461. The zero-order valence-corrected chi connectivity index (χ0v) is 11.4. The van der Waals surface area contributed by atoms with Gasteiger partial charge in [-0.1, -0.05) is 12.5 Å². The molecule has 0 aromatic heterocycles. The molecule has 19 heavy (non-hydrogen) atoms. The molecule has 2 rings (SSSR count). The molecule has 0 bridgehead atoms. The molecule has 0 aliphatic carbocycles. The summed E-state index contributed by atoms with van der Waals surface area (Å²) in [5.74, 6) is 0.907. The normalized spacial score (nSPS) is 15.8. The fourth-order valence-corrected chi connectivity index (χ4v) is 2.54. The summed E-state index contributed by atoms with van der Waals surface area (Å²) in [6.07, 6.45) is 5.46. The van der Waals surface area contributed by atoms with Crippen LogP contribution in [0.1, 0.15) is 30.4 Å². The van der Waals surface area contributed by atoms with Crippen molar-refractivity contribution >= 4 is 6.08 Å². The third-order valence-corrected chi connectivity index (χ3v) is 3.51. The van der Waals surface area contributed by atoms with Crippen molar-refractivity contribution in [1.29, 1.82) is 0 Å². The van der Waals surface area contributed by atoms with Gasteiger partial charge < -0.3 is 4.74 Å². The zero-order valence-electron chi connectivity index (χ0n) is 11.4. The van der Waals surface area contributed by atoms with Gasteiger partial charge in [-0.05, 0) is 43.6 Å². The lowest BCUT2D eigenvalue weighted by Gasteiger charge is -2.27. The first-order valence-electron chi connectivity index (χ1n) is 6.75. The standard InChI is InChI=1S/C15H20N2O2/c1-19-15-6-5-13(10-16-12-18)9-14(15)11-17-7-3-2-4-8-17/h5-6,9H,2-4,7-8,10-11H2,1H3. The first-order valence-corrected chi connectivity index (χ1v) is 6.75. The molecule has 0 unspecified atom stereocenters. The lowest BCUT2D eigenvalue weighted by atomic mass is 10.1. The van der Waals surface area contributed by atoms with Gasteiger partial charge in [-0.15, -0.1) is 0 Å². The van der Waals surface area contributed by atoms with Crippen molar-refractivity contribution in [3.05, 3.63) is 29.3 Å². The number of hydrogen-bond donors (Lipinski definition) is 0. The maximum Gasteiger partial charge on any atom is 0.235 e. The van der Waals surface area contributed by atoms with Crippen LogP contribution in [0.3, 0.4) is 0 Å². The molecule has 1 saturated heterocycles. The summed E-state index contributed by atoms with van der Waals surface area (Å²) in [5, 5.41) is 0. The molecular weight excluding hydrogens is 240 g/mol. The molecule has 1 aliphatic heterocycles. The Morgan fingerprint density at radius 2 is 2.11 bits per heavy atom. The van der Waals surface area contributed by atoms with Crippen molar-refractivity contribution in [2.75, 3.05) is 20.2 Å². The smallest absolute Gasteiger partial charge is 0.235 e. The second kappa shape index (κ2) is 7.07. The van der Waals surface area contributed by atoms with E-state index in [9.17, 15) is 4.79 Å². The number of hydrogen-bond acceptors (Lipinski definition) is 4. The highest BCUT2D eigenvalue weighted by Crippen LogP contribution is 2.23. The van der Waals surface area contributed by atoms with Crippen molar-refractivity contribution in [1.82, 2.24) is 4.90 Å². The quantitative estimate of drug-likeness (QED) is 0.603. The number of likely N-dealkylation sites (tertiary alicyclic amines) is 1. The number of piperidine rings is 1. The minimum atomic E-state index is 0.389. The SMILES string of the molecule is COc1ccc(CN=C=O)cc1CN1CCCCC1. The second-order valence-electron chi connectivity index (χ2n) is 4.89. The molecule has 1 aromatic rings.